The van der Waals surface area contributed by atoms with Crippen molar-refractivity contribution in [3.63, 3.8) is 0 Å². The van der Waals surface area contributed by atoms with Gasteiger partial charge in [-0.15, -0.1) is 0 Å². The number of amides is 1. The highest BCUT2D eigenvalue weighted by Gasteiger charge is 2.17. The van der Waals surface area contributed by atoms with E-state index in [1.165, 1.54) is 7.05 Å². The zero-order valence-electron chi connectivity index (χ0n) is 10.3. The van der Waals surface area contributed by atoms with Crippen LogP contribution in [0.2, 0.25) is 0 Å². The Balaban J connectivity index is 4.06. The molecular weight excluding hydrogens is 248 g/mol. The number of carbonyl (C=O) groups excluding carboxylic acids is 1. The van der Waals surface area contributed by atoms with E-state index >= 15 is 0 Å². The molecule has 0 aliphatic rings. The average molecular weight is 268 g/mol. The molecule has 0 aromatic carbocycles. The highest BCUT2D eigenvalue weighted by atomic mass is 32.2. The standard InChI is InChI=1S/C9H20N2O3S2/c1-10(6-5-7-15-3)9(12)8-11(2)16(4,13)14/h5-8H2,1-4H3. The van der Waals surface area contributed by atoms with Crippen molar-refractivity contribution >= 4 is 27.7 Å². The second-order valence-corrected chi connectivity index (χ2v) is 6.76. The third-order valence-electron chi connectivity index (χ3n) is 2.19. The van der Waals surface area contributed by atoms with Crippen LogP contribution in [0.4, 0.5) is 0 Å². The lowest BCUT2D eigenvalue weighted by molar-refractivity contribution is -0.129. The first-order chi connectivity index (χ1) is 7.29. The Morgan fingerprint density at radius 3 is 2.31 bits per heavy atom. The van der Waals surface area contributed by atoms with Crippen molar-refractivity contribution < 1.29 is 13.2 Å². The van der Waals surface area contributed by atoms with Gasteiger partial charge >= 0.3 is 0 Å². The second kappa shape index (κ2) is 7.13. The molecule has 0 bridgehead atoms. The summed E-state index contributed by atoms with van der Waals surface area (Å²) in [4.78, 5) is 13.2. The predicted octanol–water partition coefficient (Wildman–Crippen LogP) is 0.0893. The van der Waals surface area contributed by atoms with E-state index in [-0.39, 0.29) is 12.5 Å². The van der Waals surface area contributed by atoms with Gasteiger partial charge in [0.25, 0.3) is 0 Å². The first-order valence-electron chi connectivity index (χ1n) is 4.93. The molecule has 0 heterocycles. The van der Waals surface area contributed by atoms with Crippen molar-refractivity contribution in [3.05, 3.63) is 0 Å². The lowest BCUT2D eigenvalue weighted by Crippen LogP contribution is -2.39. The van der Waals surface area contributed by atoms with Gasteiger partial charge in [-0.25, -0.2) is 8.42 Å². The van der Waals surface area contributed by atoms with Gasteiger partial charge in [-0.1, -0.05) is 0 Å². The van der Waals surface area contributed by atoms with Crippen LogP contribution in [0.1, 0.15) is 6.42 Å². The predicted molar refractivity (Wildman–Crippen MR) is 68.1 cm³/mol. The van der Waals surface area contributed by atoms with E-state index in [0.717, 1.165) is 22.7 Å². The molecule has 0 aromatic rings. The van der Waals surface area contributed by atoms with Gasteiger partial charge in [0.15, 0.2) is 0 Å². The van der Waals surface area contributed by atoms with Gasteiger partial charge in [-0.3, -0.25) is 4.79 Å². The molecular formula is C9H20N2O3S2. The number of sulfonamides is 1. The molecule has 5 nitrogen and oxygen atoms in total. The van der Waals surface area contributed by atoms with Crippen molar-refractivity contribution in [2.45, 2.75) is 6.42 Å². The first-order valence-corrected chi connectivity index (χ1v) is 8.17. The molecule has 0 aliphatic heterocycles. The van der Waals surface area contributed by atoms with E-state index in [4.69, 9.17) is 0 Å². The van der Waals surface area contributed by atoms with Crippen molar-refractivity contribution in [2.75, 3.05) is 45.4 Å². The number of thioether (sulfide) groups is 1. The Morgan fingerprint density at radius 2 is 1.88 bits per heavy atom. The van der Waals surface area contributed by atoms with Crippen molar-refractivity contribution in [3.8, 4) is 0 Å². The van der Waals surface area contributed by atoms with Crippen LogP contribution < -0.4 is 0 Å². The van der Waals surface area contributed by atoms with Gasteiger partial charge in [0.2, 0.25) is 15.9 Å². The SMILES string of the molecule is CSCCCN(C)C(=O)CN(C)S(C)(=O)=O. The molecule has 1 amide bonds. The van der Waals surface area contributed by atoms with Crippen molar-refractivity contribution in [1.29, 1.82) is 0 Å². The van der Waals surface area contributed by atoms with Crippen LogP contribution in [-0.4, -0.2) is 69.0 Å². The molecule has 0 fully saturated rings. The molecule has 7 heteroatoms. The Kier molecular flexibility index (Phi) is 7.01. The lowest BCUT2D eigenvalue weighted by Gasteiger charge is -2.20. The Labute approximate surface area is 102 Å². The Bertz CT molecular complexity index is 317. The number of hydrogen-bond acceptors (Lipinski definition) is 4. The fourth-order valence-electron chi connectivity index (χ4n) is 0.999. The molecule has 0 spiro atoms. The molecule has 16 heavy (non-hydrogen) atoms. The summed E-state index contributed by atoms with van der Waals surface area (Å²) in [5, 5.41) is 0. The lowest BCUT2D eigenvalue weighted by atomic mass is 10.4. The van der Waals surface area contributed by atoms with E-state index in [2.05, 4.69) is 0 Å². The zero-order valence-corrected chi connectivity index (χ0v) is 11.9. The topological polar surface area (TPSA) is 57.7 Å². The van der Waals surface area contributed by atoms with Crippen LogP contribution in [0.15, 0.2) is 0 Å². The molecule has 0 saturated heterocycles. The van der Waals surface area contributed by atoms with Crippen LogP contribution in [0.3, 0.4) is 0 Å². The molecule has 0 radical (unpaired) electrons. The Morgan fingerprint density at radius 1 is 1.31 bits per heavy atom. The van der Waals surface area contributed by atoms with E-state index in [1.54, 1.807) is 23.7 Å². The number of nitrogens with zero attached hydrogens (tertiary/aromatic N) is 2. The summed E-state index contributed by atoms with van der Waals surface area (Å²) in [6, 6.07) is 0. The Hall–Kier alpha value is -0.270. The van der Waals surface area contributed by atoms with Crippen LogP contribution >= 0.6 is 11.8 Å². The summed E-state index contributed by atoms with van der Waals surface area (Å²) >= 11 is 1.73. The molecule has 0 saturated carbocycles. The maximum atomic E-state index is 11.6. The van der Waals surface area contributed by atoms with Crippen LogP contribution in [0.25, 0.3) is 0 Å². The number of carbonyl (C=O) groups is 1. The molecule has 0 N–H and O–H groups in total. The van der Waals surface area contributed by atoms with Gasteiger partial charge < -0.3 is 4.90 Å². The fraction of sp³-hybridized carbons (Fsp3) is 0.889. The summed E-state index contributed by atoms with van der Waals surface area (Å²) in [7, 11) is -0.176. The van der Waals surface area contributed by atoms with Crippen molar-refractivity contribution in [2.24, 2.45) is 0 Å². The third kappa shape index (κ3) is 6.34. The van der Waals surface area contributed by atoms with E-state index in [9.17, 15) is 13.2 Å². The van der Waals surface area contributed by atoms with E-state index in [1.807, 2.05) is 6.26 Å². The molecule has 96 valence electrons. The summed E-state index contributed by atoms with van der Waals surface area (Å²) in [6.45, 7) is 0.575. The quantitative estimate of drug-likeness (QED) is 0.614. The number of rotatable bonds is 7. The minimum atomic E-state index is -3.27. The summed E-state index contributed by atoms with van der Waals surface area (Å²) < 4.78 is 23.3. The summed E-state index contributed by atoms with van der Waals surface area (Å²) in [5.41, 5.74) is 0. The van der Waals surface area contributed by atoms with Gasteiger partial charge in [-0.2, -0.15) is 16.1 Å². The summed E-state index contributed by atoms with van der Waals surface area (Å²) in [6.07, 6.45) is 4.03. The van der Waals surface area contributed by atoms with Crippen LogP contribution in [0.5, 0.6) is 0 Å². The van der Waals surface area contributed by atoms with Crippen molar-refractivity contribution in [1.82, 2.24) is 9.21 Å². The van der Waals surface area contributed by atoms with Gasteiger partial charge in [0, 0.05) is 20.6 Å². The normalized spacial score (nSPS) is 11.8. The average Bonchev–Trinajstić information content (AvgIpc) is 2.16. The molecule has 0 aromatic heterocycles. The largest absolute Gasteiger partial charge is 0.345 e. The highest BCUT2D eigenvalue weighted by molar-refractivity contribution is 7.98. The zero-order chi connectivity index (χ0) is 12.8. The molecule has 0 atom stereocenters. The maximum Gasteiger partial charge on any atom is 0.237 e. The van der Waals surface area contributed by atoms with E-state index < -0.39 is 10.0 Å². The minimum Gasteiger partial charge on any atom is -0.345 e. The molecule has 0 aliphatic carbocycles. The number of hydrogen-bond donors (Lipinski definition) is 0. The minimum absolute atomic E-state index is 0.0887. The molecule has 0 unspecified atom stereocenters. The maximum absolute atomic E-state index is 11.6. The van der Waals surface area contributed by atoms with E-state index in [0.29, 0.717) is 6.54 Å². The van der Waals surface area contributed by atoms with Gasteiger partial charge in [0.1, 0.15) is 0 Å². The van der Waals surface area contributed by atoms with Crippen LogP contribution in [0, 0.1) is 0 Å². The highest BCUT2D eigenvalue weighted by Crippen LogP contribution is 1.99. The first kappa shape index (κ1) is 15.7. The van der Waals surface area contributed by atoms with Gasteiger partial charge in [-0.05, 0) is 18.4 Å². The second-order valence-electron chi connectivity index (χ2n) is 3.68. The summed E-state index contributed by atoms with van der Waals surface area (Å²) in [5.74, 6) is 0.827. The monoisotopic (exact) mass is 268 g/mol. The molecule has 0 rings (SSSR count). The fourth-order valence-corrected chi connectivity index (χ4v) is 1.76. The van der Waals surface area contributed by atoms with Gasteiger partial charge in [0.05, 0.1) is 12.8 Å². The third-order valence-corrected chi connectivity index (χ3v) is 4.15. The number of likely N-dealkylation sites (N-methyl/N-ethyl adjacent to an activating group) is 2. The van der Waals surface area contributed by atoms with Crippen LogP contribution in [-0.2, 0) is 14.8 Å². The smallest absolute Gasteiger partial charge is 0.237 e.